The summed E-state index contributed by atoms with van der Waals surface area (Å²) in [5, 5.41) is 14.9. The van der Waals surface area contributed by atoms with E-state index in [0.717, 1.165) is 22.2 Å². The molecule has 3 rings (SSSR count). The quantitative estimate of drug-likeness (QED) is 0.492. The van der Waals surface area contributed by atoms with Crippen molar-refractivity contribution in [3.63, 3.8) is 0 Å². The van der Waals surface area contributed by atoms with Crippen LogP contribution in [0.15, 0.2) is 42.6 Å². The zero-order chi connectivity index (χ0) is 19.4. The first-order valence-electron chi connectivity index (χ1n) is 8.28. The van der Waals surface area contributed by atoms with Crippen molar-refractivity contribution in [2.45, 2.75) is 6.42 Å². The van der Waals surface area contributed by atoms with Gasteiger partial charge in [-0.15, -0.1) is 0 Å². The minimum atomic E-state index is -0.574. The van der Waals surface area contributed by atoms with E-state index in [1.165, 1.54) is 25.3 Å². The van der Waals surface area contributed by atoms with E-state index in [-0.39, 0.29) is 22.9 Å². The molecule has 0 atom stereocenters. The van der Waals surface area contributed by atoms with Crippen molar-refractivity contribution in [3.05, 3.63) is 63.8 Å². The molecule has 0 saturated heterocycles. The molecule has 27 heavy (non-hydrogen) atoms. The number of hydrogen-bond donors (Lipinski definition) is 2. The summed E-state index contributed by atoms with van der Waals surface area (Å²) in [5.41, 5.74) is 2.00. The molecular formula is C19H19N3O5. The summed E-state index contributed by atoms with van der Waals surface area (Å²) in [5.74, 6) is 0.500. The molecule has 140 valence electrons. The molecule has 0 spiro atoms. The fraction of sp³-hybridized carbons (Fsp3) is 0.211. The SMILES string of the molecule is COc1ccc2[nH]cc(CCNC(=O)c3ccc(OC)c([N+](=O)[O-])c3)c2c1. The lowest BCUT2D eigenvalue weighted by atomic mass is 10.1. The van der Waals surface area contributed by atoms with Gasteiger partial charge in [0.25, 0.3) is 5.91 Å². The van der Waals surface area contributed by atoms with E-state index in [4.69, 9.17) is 9.47 Å². The lowest BCUT2D eigenvalue weighted by Gasteiger charge is -2.07. The molecule has 0 aliphatic carbocycles. The van der Waals surface area contributed by atoms with E-state index in [0.29, 0.717) is 13.0 Å². The van der Waals surface area contributed by atoms with Crippen LogP contribution in [0.25, 0.3) is 10.9 Å². The van der Waals surface area contributed by atoms with E-state index in [9.17, 15) is 14.9 Å². The van der Waals surface area contributed by atoms with Crippen LogP contribution in [-0.4, -0.2) is 36.6 Å². The molecule has 0 unspecified atom stereocenters. The van der Waals surface area contributed by atoms with Gasteiger partial charge in [0.1, 0.15) is 5.75 Å². The first kappa shape index (κ1) is 18.2. The molecule has 0 fully saturated rings. The molecule has 0 saturated carbocycles. The number of nitrogens with one attached hydrogen (secondary N) is 2. The summed E-state index contributed by atoms with van der Waals surface area (Å²) >= 11 is 0. The molecule has 8 nitrogen and oxygen atoms in total. The summed E-state index contributed by atoms with van der Waals surface area (Å²) in [6.07, 6.45) is 2.51. The number of ether oxygens (including phenoxy) is 2. The molecule has 0 bridgehead atoms. The fourth-order valence-electron chi connectivity index (χ4n) is 2.88. The van der Waals surface area contributed by atoms with Crippen molar-refractivity contribution in [2.24, 2.45) is 0 Å². The van der Waals surface area contributed by atoms with Gasteiger partial charge in [0.05, 0.1) is 19.1 Å². The molecule has 1 aromatic heterocycles. The van der Waals surface area contributed by atoms with Crippen molar-refractivity contribution in [1.82, 2.24) is 10.3 Å². The Kier molecular flexibility index (Phi) is 5.25. The minimum Gasteiger partial charge on any atom is -0.497 e. The third-order valence-corrected chi connectivity index (χ3v) is 4.29. The van der Waals surface area contributed by atoms with Crippen molar-refractivity contribution in [2.75, 3.05) is 20.8 Å². The van der Waals surface area contributed by atoms with Crippen LogP contribution in [0.2, 0.25) is 0 Å². The van der Waals surface area contributed by atoms with Crippen molar-refractivity contribution in [1.29, 1.82) is 0 Å². The number of carbonyl (C=O) groups excluding carboxylic acids is 1. The first-order valence-corrected chi connectivity index (χ1v) is 8.28. The Labute approximate surface area is 155 Å². The largest absolute Gasteiger partial charge is 0.497 e. The number of methoxy groups -OCH3 is 2. The number of aromatic nitrogens is 1. The summed E-state index contributed by atoms with van der Waals surface area (Å²) in [7, 11) is 2.96. The maximum atomic E-state index is 12.3. The lowest BCUT2D eigenvalue weighted by Crippen LogP contribution is -2.25. The Bertz CT molecular complexity index is 996. The molecule has 1 heterocycles. The first-order chi connectivity index (χ1) is 13.0. The fourth-order valence-corrected chi connectivity index (χ4v) is 2.88. The second-order valence-corrected chi connectivity index (χ2v) is 5.88. The van der Waals surface area contributed by atoms with Gasteiger partial charge in [-0.1, -0.05) is 0 Å². The highest BCUT2D eigenvalue weighted by atomic mass is 16.6. The van der Waals surface area contributed by atoms with Gasteiger partial charge in [0.15, 0.2) is 5.75 Å². The van der Waals surface area contributed by atoms with Gasteiger partial charge in [-0.25, -0.2) is 0 Å². The Morgan fingerprint density at radius 2 is 2.00 bits per heavy atom. The van der Waals surface area contributed by atoms with Crippen LogP contribution in [0.3, 0.4) is 0 Å². The summed E-state index contributed by atoms with van der Waals surface area (Å²) < 4.78 is 10.2. The number of carbonyl (C=O) groups is 1. The van der Waals surface area contributed by atoms with Crippen LogP contribution in [0.4, 0.5) is 5.69 Å². The zero-order valence-corrected chi connectivity index (χ0v) is 14.9. The zero-order valence-electron chi connectivity index (χ0n) is 14.9. The van der Waals surface area contributed by atoms with E-state index in [1.54, 1.807) is 7.11 Å². The van der Waals surface area contributed by atoms with Crippen LogP contribution in [-0.2, 0) is 6.42 Å². The van der Waals surface area contributed by atoms with Crippen molar-refractivity contribution >= 4 is 22.5 Å². The number of rotatable bonds is 7. The Balaban J connectivity index is 1.68. The highest BCUT2D eigenvalue weighted by molar-refractivity contribution is 5.95. The van der Waals surface area contributed by atoms with Crippen molar-refractivity contribution < 1.29 is 19.2 Å². The monoisotopic (exact) mass is 369 g/mol. The van der Waals surface area contributed by atoms with E-state index in [1.807, 2.05) is 24.4 Å². The number of H-pyrrole nitrogens is 1. The minimum absolute atomic E-state index is 0.115. The van der Waals surface area contributed by atoms with Crippen LogP contribution in [0.1, 0.15) is 15.9 Å². The standard InChI is InChI=1S/C19H19N3O5/c1-26-14-4-5-16-15(10-14)13(11-21-16)7-8-20-19(23)12-3-6-18(27-2)17(9-12)22(24)25/h3-6,9-11,21H,7-8H2,1-2H3,(H,20,23). The number of hydrogen-bond acceptors (Lipinski definition) is 5. The van der Waals surface area contributed by atoms with Crippen LogP contribution in [0, 0.1) is 10.1 Å². The number of nitro groups is 1. The third-order valence-electron chi connectivity index (χ3n) is 4.29. The topological polar surface area (TPSA) is 106 Å². The molecule has 2 N–H and O–H groups in total. The summed E-state index contributed by atoms with van der Waals surface area (Å²) in [4.78, 5) is 26.0. The van der Waals surface area contributed by atoms with Gasteiger partial charge < -0.3 is 19.8 Å². The number of fused-ring (bicyclic) bond motifs is 1. The normalized spacial score (nSPS) is 10.6. The second kappa shape index (κ2) is 7.77. The van der Waals surface area contributed by atoms with Gasteiger partial charge in [-0.3, -0.25) is 14.9 Å². The van der Waals surface area contributed by atoms with E-state index < -0.39 is 4.92 Å². The van der Waals surface area contributed by atoms with Gasteiger partial charge in [-0.2, -0.15) is 0 Å². The Morgan fingerprint density at radius 3 is 2.70 bits per heavy atom. The molecular weight excluding hydrogens is 350 g/mol. The lowest BCUT2D eigenvalue weighted by molar-refractivity contribution is -0.385. The molecule has 0 aliphatic rings. The van der Waals surface area contributed by atoms with E-state index >= 15 is 0 Å². The summed E-state index contributed by atoms with van der Waals surface area (Å²) in [6, 6.07) is 9.88. The number of benzene rings is 2. The maximum Gasteiger partial charge on any atom is 0.311 e. The molecule has 0 aliphatic heterocycles. The van der Waals surface area contributed by atoms with Gasteiger partial charge in [0, 0.05) is 35.3 Å². The summed E-state index contributed by atoms with van der Waals surface area (Å²) in [6.45, 7) is 0.392. The molecule has 8 heteroatoms. The van der Waals surface area contributed by atoms with Crippen LogP contribution in [0.5, 0.6) is 11.5 Å². The highest BCUT2D eigenvalue weighted by Gasteiger charge is 2.18. The maximum absolute atomic E-state index is 12.3. The number of nitro benzene ring substituents is 1. The van der Waals surface area contributed by atoms with Crippen LogP contribution < -0.4 is 14.8 Å². The van der Waals surface area contributed by atoms with Crippen LogP contribution >= 0.6 is 0 Å². The number of aromatic amines is 1. The molecule has 3 aromatic rings. The van der Waals surface area contributed by atoms with Crippen molar-refractivity contribution in [3.8, 4) is 11.5 Å². The third kappa shape index (κ3) is 3.84. The van der Waals surface area contributed by atoms with E-state index in [2.05, 4.69) is 10.3 Å². The number of amides is 1. The van der Waals surface area contributed by atoms with Gasteiger partial charge in [-0.05, 0) is 42.3 Å². The molecule has 2 aromatic carbocycles. The van der Waals surface area contributed by atoms with Gasteiger partial charge >= 0.3 is 5.69 Å². The average molecular weight is 369 g/mol. The highest BCUT2D eigenvalue weighted by Crippen LogP contribution is 2.27. The molecule has 1 amide bonds. The Hall–Kier alpha value is -3.55. The van der Waals surface area contributed by atoms with Gasteiger partial charge in [0.2, 0.25) is 0 Å². The predicted molar refractivity (Wildman–Crippen MR) is 101 cm³/mol. The second-order valence-electron chi connectivity index (χ2n) is 5.88. The Morgan fingerprint density at radius 1 is 1.19 bits per heavy atom. The number of nitrogens with zero attached hydrogens (tertiary/aromatic N) is 1. The smallest absolute Gasteiger partial charge is 0.311 e. The molecule has 0 radical (unpaired) electrons. The average Bonchev–Trinajstić information content (AvgIpc) is 3.09. The predicted octanol–water partition coefficient (Wildman–Crippen LogP) is 3.07.